The third kappa shape index (κ3) is 4.34. The number of nitrogens with one attached hydrogen (secondary N) is 1. The van der Waals surface area contributed by atoms with Crippen molar-refractivity contribution in [2.75, 3.05) is 31.1 Å². The summed E-state index contributed by atoms with van der Waals surface area (Å²) in [6, 6.07) is 7.99. The van der Waals surface area contributed by atoms with Gasteiger partial charge in [0.15, 0.2) is 17.0 Å². The molecule has 1 saturated heterocycles. The van der Waals surface area contributed by atoms with Crippen LogP contribution in [0.3, 0.4) is 0 Å². The highest BCUT2D eigenvalue weighted by Gasteiger charge is 2.25. The van der Waals surface area contributed by atoms with Gasteiger partial charge in [0.2, 0.25) is 0 Å². The lowest BCUT2D eigenvalue weighted by atomic mass is 10.2. The fourth-order valence-corrected chi connectivity index (χ4v) is 4.73. The molecular formula is C23H32ClN6O2+. The van der Waals surface area contributed by atoms with Crippen LogP contribution in [-0.2, 0) is 27.2 Å². The van der Waals surface area contributed by atoms with Crippen LogP contribution in [0.4, 0.5) is 5.69 Å². The van der Waals surface area contributed by atoms with Crippen molar-refractivity contribution in [3.8, 4) is 0 Å². The van der Waals surface area contributed by atoms with E-state index in [-0.39, 0.29) is 11.2 Å². The number of hydrogen-bond acceptors (Lipinski definition) is 4. The lowest BCUT2D eigenvalue weighted by molar-refractivity contribution is -0.915. The summed E-state index contributed by atoms with van der Waals surface area (Å²) in [4.78, 5) is 34.0. The molecule has 0 amide bonds. The molecule has 172 valence electrons. The molecule has 3 heterocycles. The van der Waals surface area contributed by atoms with Crippen molar-refractivity contribution in [2.24, 2.45) is 14.1 Å². The number of aromatic nitrogens is 4. The van der Waals surface area contributed by atoms with Gasteiger partial charge in [0.1, 0.15) is 6.54 Å². The molecule has 0 spiro atoms. The first-order chi connectivity index (χ1) is 15.4. The first-order valence-corrected chi connectivity index (χ1v) is 11.8. The first-order valence-electron chi connectivity index (χ1n) is 11.4. The molecule has 2 aromatic heterocycles. The van der Waals surface area contributed by atoms with E-state index in [1.165, 1.54) is 21.1 Å². The third-order valence-corrected chi connectivity index (χ3v) is 6.70. The molecule has 0 radical (unpaired) electrons. The number of hydrogen-bond donors (Lipinski definition) is 1. The predicted octanol–water partition coefficient (Wildman–Crippen LogP) is 1.18. The van der Waals surface area contributed by atoms with E-state index in [9.17, 15) is 9.59 Å². The monoisotopic (exact) mass is 459 g/mol. The second-order valence-corrected chi connectivity index (χ2v) is 9.09. The molecule has 0 bridgehead atoms. The summed E-state index contributed by atoms with van der Waals surface area (Å²) in [7, 11) is 3.22. The molecule has 9 heteroatoms. The summed E-state index contributed by atoms with van der Waals surface area (Å²) in [5, 5.41) is 0.755. The molecule has 32 heavy (non-hydrogen) atoms. The van der Waals surface area contributed by atoms with Crippen LogP contribution < -0.4 is 21.0 Å². The van der Waals surface area contributed by atoms with Crippen LogP contribution in [0.1, 0.15) is 32.0 Å². The van der Waals surface area contributed by atoms with Crippen LogP contribution in [0.2, 0.25) is 5.02 Å². The quantitative estimate of drug-likeness (QED) is 0.539. The largest absolute Gasteiger partial charge is 0.360 e. The van der Waals surface area contributed by atoms with Gasteiger partial charge in [0.25, 0.3) is 5.56 Å². The molecule has 1 N–H and O–H groups in total. The first kappa shape index (κ1) is 22.6. The van der Waals surface area contributed by atoms with E-state index in [0.29, 0.717) is 11.2 Å². The van der Waals surface area contributed by atoms with E-state index < -0.39 is 0 Å². The zero-order valence-corrected chi connectivity index (χ0v) is 19.9. The van der Waals surface area contributed by atoms with Gasteiger partial charge in [-0.05, 0) is 24.6 Å². The van der Waals surface area contributed by atoms with Gasteiger partial charge in [0.05, 0.1) is 26.2 Å². The van der Waals surface area contributed by atoms with E-state index in [1.807, 2.05) is 18.2 Å². The number of fused-ring (bicyclic) bond motifs is 1. The predicted molar refractivity (Wildman–Crippen MR) is 128 cm³/mol. The number of unbranched alkanes of at least 4 members (excludes halogenated alkanes) is 2. The minimum absolute atomic E-state index is 0.265. The van der Waals surface area contributed by atoms with Crippen LogP contribution >= 0.6 is 11.6 Å². The molecule has 0 unspecified atom stereocenters. The maximum absolute atomic E-state index is 13.0. The fourth-order valence-electron chi connectivity index (χ4n) is 4.54. The van der Waals surface area contributed by atoms with Gasteiger partial charge in [-0.2, -0.15) is 0 Å². The maximum atomic E-state index is 13.0. The van der Waals surface area contributed by atoms with Crippen molar-refractivity contribution in [1.82, 2.24) is 18.7 Å². The van der Waals surface area contributed by atoms with Gasteiger partial charge < -0.3 is 14.4 Å². The van der Waals surface area contributed by atoms with Gasteiger partial charge in [-0.15, -0.1) is 0 Å². The molecule has 3 aromatic rings. The third-order valence-electron chi connectivity index (χ3n) is 6.46. The summed E-state index contributed by atoms with van der Waals surface area (Å²) in [6.07, 6.45) is 3.18. The second-order valence-electron chi connectivity index (χ2n) is 8.66. The van der Waals surface area contributed by atoms with Crippen molar-refractivity contribution in [3.63, 3.8) is 0 Å². The number of nitrogens with zero attached hydrogens (tertiary/aromatic N) is 5. The molecule has 1 aliphatic rings. The lowest BCUT2D eigenvalue weighted by Gasteiger charge is -2.33. The van der Waals surface area contributed by atoms with Crippen molar-refractivity contribution >= 4 is 28.5 Å². The standard InChI is InChI=1S/C23H31ClN6O2/c1-4-5-6-10-30-19(25-21-20(30)22(31)27(3)23(32)26(21)2)16-28-11-13-29(14-12-28)18-9-7-8-17(24)15-18/h7-9,15H,4-6,10-14,16H2,1-3H3/p+1. The fraction of sp³-hybridized carbons (Fsp3) is 0.522. The minimum atomic E-state index is -0.338. The van der Waals surface area contributed by atoms with Crippen molar-refractivity contribution in [1.29, 1.82) is 0 Å². The normalized spacial score (nSPS) is 15.1. The van der Waals surface area contributed by atoms with Crippen LogP contribution in [0.25, 0.3) is 11.2 Å². The molecule has 0 atom stereocenters. The lowest BCUT2D eigenvalue weighted by Crippen LogP contribution is -3.13. The van der Waals surface area contributed by atoms with E-state index in [0.717, 1.165) is 75.1 Å². The number of aryl methyl sites for hydroxylation is 2. The maximum Gasteiger partial charge on any atom is 0.332 e. The summed E-state index contributed by atoms with van der Waals surface area (Å²) < 4.78 is 4.73. The van der Waals surface area contributed by atoms with E-state index in [4.69, 9.17) is 16.6 Å². The van der Waals surface area contributed by atoms with Gasteiger partial charge in [-0.3, -0.25) is 13.9 Å². The van der Waals surface area contributed by atoms with Crippen LogP contribution in [0, 0.1) is 0 Å². The Morgan fingerprint density at radius 1 is 1.09 bits per heavy atom. The van der Waals surface area contributed by atoms with Crippen molar-refractivity contribution < 1.29 is 4.90 Å². The molecule has 1 fully saturated rings. The number of benzene rings is 1. The summed E-state index contributed by atoms with van der Waals surface area (Å²) in [5.41, 5.74) is 1.58. The Morgan fingerprint density at radius 3 is 2.53 bits per heavy atom. The Kier molecular flexibility index (Phi) is 6.71. The average Bonchev–Trinajstić information content (AvgIpc) is 3.15. The molecule has 0 saturated carbocycles. The summed E-state index contributed by atoms with van der Waals surface area (Å²) in [6.45, 7) is 7.47. The van der Waals surface area contributed by atoms with Gasteiger partial charge in [0, 0.05) is 31.4 Å². The average molecular weight is 460 g/mol. The van der Waals surface area contributed by atoms with Crippen molar-refractivity contribution in [2.45, 2.75) is 39.3 Å². The Morgan fingerprint density at radius 2 is 1.84 bits per heavy atom. The summed E-state index contributed by atoms with van der Waals surface area (Å²) in [5.74, 6) is 0.889. The Bertz CT molecular complexity index is 1220. The van der Waals surface area contributed by atoms with Crippen LogP contribution in [-0.4, -0.2) is 44.9 Å². The highest BCUT2D eigenvalue weighted by molar-refractivity contribution is 6.30. The number of piperazine rings is 1. The molecule has 1 aromatic carbocycles. The second kappa shape index (κ2) is 9.50. The summed E-state index contributed by atoms with van der Waals surface area (Å²) >= 11 is 6.16. The van der Waals surface area contributed by atoms with E-state index in [2.05, 4.69) is 22.5 Å². The zero-order valence-electron chi connectivity index (χ0n) is 19.1. The van der Waals surface area contributed by atoms with Crippen molar-refractivity contribution in [3.05, 3.63) is 56.0 Å². The van der Waals surface area contributed by atoms with Crippen LogP contribution in [0.5, 0.6) is 0 Å². The number of imidazole rings is 1. The van der Waals surface area contributed by atoms with Gasteiger partial charge in [-0.1, -0.05) is 37.4 Å². The number of rotatable bonds is 7. The molecule has 8 nitrogen and oxygen atoms in total. The zero-order chi connectivity index (χ0) is 22.8. The molecule has 4 rings (SSSR count). The van der Waals surface area contributed by atoms with E-state index >= 15 is 0 Å². The number of halogens is 1. The van der Waals surface area contributed by atoms with Gasteiger partial charge >= 0.3 is 5.69 Å². The van der Waals surface area contributed by atoms with E-state index in [1.54, 1.807) is 7.05 Å². The smallest absolute Gasteiger partial charge is 0.332 e. The Balaban J connectivity index is 1.59. The highest BCUT2D eigenvalue weighted by Crippen LogP contribution is 2.19. The number of quaternary nitrogens is 1. The Hall–Kier alpha value is -2.58. The number of anilines is 1. The molecule has 0 aliphatic carbocycles. The topological polar surface area (TPSA) is 69.5 Å². The molecule has 1 aliphatic heterocycles. The SMILES string of the molecule is CCCCCn1c(C[NH+]2CCN(c3cccc(Cl)c3)CC2)nc2c1c(=O)n(C)c(=O)n2C. The highest BCUT2D eigenvalue weighted by atomic mass is 35.5. The Labute approximate surface area is 192 Å². The van der Waals surface area contributed by atoms with Crippen LogP contribution in [0.15, 0.2) is 33.9 Å². The molecular weight excluding hydrogens is 428 g/mol. The minimum Gasteiger partial charge on any atom is -0.360 e. The van der Waals surface area contributed by atoms with Gasteiger partial charge in [-0.25, -0.2) is 9.78 Å².